The fourth-order valence-electron chi connectivity index (χ4n) is 3.88. The summed E-state index contributed by atoms with van der Waals surface area (Å²) in [6, 6.07) is 13.1. The molecule has 2 aromatic heterocycles. The summed E-state index contributed by atoms with van der Waals surface area (Å²) in [5, 5.41) is 0.441. The molecular formula is C24H27NO5. The standard InChI is InChI=1S/C24H27NO5/c1-2-3-9-18-12-22(26)30-20-13-21(25-24(27)23(18)20)29-19-10-17(11-19)15-28-14-16-7-5-4-6-8-16/h4-8,12-13,17,19H,2-3,9-11,14-15H2,1H3,(H,25,27)/t17-,19+. The number of aromatic amines is 1. The van der Waals surface area contributed by atoms with Crippen molar-refractivity contribution in [2.75, 3.05) is 6.61 Å². The van der Waals surface area contributed by atoms with E-state index in [0.29, 0.717) is 36.8 Å². The van der Waals surface area contributed by atoms with E-state index in [1.807, 2.05) is 18.2 Å². The summed E-state index contributed by atoms with van der Waals surface area (Å²) in [5.41, 5.74) is 1.46. The van der Waals surface area contributed by atoms with E-state index in [9.17, 15) is 9.59 Å². The van der Waals surface area contributed by atoms with Crippen molar-refractivity contribution in [1.29, 1.82) is 0 Å². The summed E-state index contributed by atoms with van der Waals surface area (Å²) >= 11 is 0. The summed E-state index contributed by atoms with van der Waals surface area (Å²) < 4.78 is 17.0. The smallest absolute Gasteiger partial charge is 0.336 e. The molecule has 3 aromatic rings. The molecule has 0 radical (unpaired) electrons. The molecule has 1 saturated carbocycles. The van der Waals surface area contributed by atoms with E-state index in [1.165, 1.54) is 6.07 Å². The predicted octanol–water partition coefficient (Wildman–Crippen LogP) is 4.20. The average molecular weight is 409 g/mol. The van der Waals surface area contributed by atoms with Crippen LogP contribution in [0.3, 0.4) is 0 Å². The minimum Gasteiger partial charge on any atom is -0.475 e. The van der Waals surface area contributed by atoms with Crippen LogP contribution >= 0.6 is 0 Å². The molecule has 1 aliphatic carbocycles. The van der Waals surface area contributed by atoms with E-state index >= 15 is 0 Å². The number of unbranched alkanes of at least 4 members (excludes halogenated alkanes) is 1. The second-order valence-electron chi connectivity index (χ2n) is 7.97. The van der Waals surface area contributed by atoms with E-state index in [1.54, 1.807) is 6.07 Å². The Morgan fingerprint density at radius 3 is 2.70 bits per heavy atom. The number of aryl methyl sites for hydroxylation is 1. The molecular weight excluding hydrogens is 382 g/mol. The Bertz CT molecular complexity index is 1100. The number of aromatic nitrogens is 1. The molecule has 0 aliphatic heterocycles. The monoisotopic (exact) mass is 409 g/mol. The van der Waals surface area contributed by atoms with Crippen LogP contribution in [0.5, 0.6) is 5.88 Å². The van der Waals surface area contributed by atoms with Crippen molar-refractivity contribution >= 4 is 11.0 Å². The van der Waals surface area contributed by atoms with E-state index in [4.69, 9.17) is 13.9 Å². The Morgan fingerprint density at radius 2 is 1.93 bits per heavy atom. The van der Waals surface area contributed by atoms with Crippen molar-refractivity contribution < 1.29 is 13.9 Å². The Morgan fingerprint density at radius 1 is 1.13 bits per heavy atom. The van der Waals surface area contributed by atoms with E-state index < -0.39 is 5.63 Å². The molecule has 6 nitrogen and oxygen atoms in total. The minimum atomic E-state index is -0.440. The number of hydrogen-bond donors (Lipinski definition) is 1. The first-order chi connectivity index (χ1) is 14.6. The van der Waals surface area contributed by atoms with Crippen molar-refractivity contribution in [1.82, 2.24) is 4.98 Å². The first-order valence-electron chi connectivity index (χ1n) is 10.6. The Kier molecular flexibility index (Phi) is 6.33. The van der Waals surface area contributed by atoms with Gasteiger partial charge in [-0.3, -0.25) is 9.78 Å². The predicted molar refractivity (Wildman–Crippen MR) is 115 cm³/mol. The summed E-state index contributed by atoms with van der Waals surface area (Å²) in [4.78, 5) is 27.3. The summed E-state index contributed by atoms with van der Waals surface area (Å²) in [5.74, 6) is 0.793. The van der Waals surface area contributed by atoms with Crippen LogP contribution in [0.15, 0.2) is 56.5 Å². The van der Waals surface area contributed by atoms with Crippen molar-refractivity contribution in [3.63, 3.8) is 0 Å². The van der Waals surface area contributed by atoms with E-state index in [2.05, 4.69) is 24.0 Å². The van der Waals surface area contributed by atoms with Crippen molar-refractivity contribution in [2.24, 2.45) is 5.92 Å². The molecule has 1 aliphatic rings. The highest BCUT2D eigenvalue weighted by atomic mass is 16.5. The number of fused-ring (bicyclic) bond motifs is 1. The van der Waals surface area contributed by atoms with Gasteiger partial charge in [0.15, 0.2) is 5.88 Å². The zero-order valence-electron chi connectivity index (χ0n) is 17.2. The van der Waals surface area contributed by atoms with Gasteiger partial charge in [0, 0.05) is 12.1 Å². The molecule has 1 aromatic carbocycles. The number of benzene rings is 1. The molecule has 0 spiro atoms. The van der Waals surface area contributed by atoms with Gasteiger partial charge in [0.1, 0.15) is 11.7 Å². The number of ether oxygens (including phenoxy) is 2. The van der Waals surface area contributed by atoms with Gasteiger partial charge in [-0.1, -0.05) is 43.7 Å². The number of H-pyrrole nitrogens is 1. The largest absolute Gasteiger partial charge is 0.475 e. The molecule has 30 heavy (non-hydrogen) atoms. The van der Waals surface area contributed by atoms with Gasteiger partial charge in [0.25, 0.3) is 5.56 Å². The third-order valence-electron chi connectivity index (χ3n) is 5.55. The Balaban J connectivity index is 1.35. The molecule has 1 fully saturated rings. The van der Waals surface area contributed by atoms with E-state index in [-0.39, 0.29) is 17.2 Å². The average Bonchev–Trinajstić information content (AvgIpc) is 2.70. The number of rotatable bonds is 9. The minimum absolute atomic E-state index is 0.0263. The van der Waals surface area contributed by atoms with Gasteiger partial charge in [0.05, 0.1) is 18.6 Å². The fraction of sp³-hybridized carbons (Fsp3) is 0.417. The molecule has 0 atom stereocenters. The lowest BCUT2D eigenvalue weighted by molar-refractivity contribution is -0.00426. The van der Waals surface area contributed by atoms with Crippen LogP contribution in [-0.2, 0) is 17.8 Å². The van der Waals surface area contributed by atoms with Crippen molar-refractivity contribution in [3.05, 3.63) is 74.4 Å². The first-order valence-corrected chi connectivity index (χ1v) is 10.6. The normalized spacial score (nSPS) is 18.3. The highest BCUT2D eigenvalue weighted by Crippen LogP contribution is 2.31. The van der Waals surface area contributed by atoms with Gasteiger partial charge in [0.2, 0.25) is 0 Å². The molecule has 0 amide bonds. The van der Waals surface area contributed by atoms with Crippen LogP contribution in [-0.4, -0.2) is 17.7 Å². The lowest BCUT2D eigenvalue weighted by atomic mass is 9.83. The topological polar surface area (TPSA) is 81.5 Å². The maximum Gasteiger partial charge on any atom is 0.336 e. The van der Waals surface area contributed by atoms with Gasteiger partial charge in [-0.25, -0.2) is 4.79 Å². The van der Waals surface area contributed by atoms with Gasteiger partial charge < -0.3 is 13.9 Å². The SMILES string of the molecule is CCCCc1cc(=O)oc2cc(O[C@H]3C[C@@H](COCc4ccccc4)C3)[nH]c(=O)c12. The second kappa shape index (κ2) is 9.30. The second-order valence-corrected chi connectivity index (χ2v) is 7.97. The van der Waals surface area contributed by atoms with Crippen LogP contribution in [0.25, 0.3) is 11.0 Å². The third kappa shape index (κ3) is 4.82. The van der Waals surface area contributed by atoms with Gasteiger partial charge in [-0.05, 0) is 42.7 Å². The number of nitrogens with one attached hydrogen (secondary N) is 1. The molecule has 2 heterocycles. The van der Waals surface area contributed by atoms with Crippen LogP contribution in [0.1, 0.15) is 43.7 Å². The molecule has 1 N–H and O–H groups in total. The zero-order chi connectivity index (χ0) is 20.9. The highest BCUT2D eigenvalue weighted by molar-refractivity contribution is 5.79. The van der Waals surface area contributed by atoms with E-state index in [0.717, 1.165) is 36.8 Å². The third-order valence-corrected chi connectivity index (χ3v) is 5.55. The molecule has 0 unspecified atom stereocenters. The van der Waals surface area contributed by atoms with Gasteiger partial charge in [-0.2, -0.15) is 0 Å². The van der Waals surface area contributed by atoms with Crippen LogP contribution in [0, 0.1) is 5.92 Å². The first kappa shape index (κ1) is 20.4. The zero-order valence-corrected chi connectivity index (χ0v) is 17.2. The molecule has 4 rings (SSSR count). The van der Waals surface area contributed by atoms with Crippen molar-refractivity contribution in [2.45, 2.75) is 51.7 Å². The highest BCUT2D eigenvalue weighted by Gasteiger charge is 2.31. The van der Waals surface area contributed by atoms with Crippen molar-refractivity contribution in [3.8, 4) is 5.88 Å². The molecule has 0 bridgehead atoms. The number of hydrogen-bond acceptors (Lipinski definition) is 5. The fourth-order valence-corrected chi connectivity index (χ4v) is 3.88. The number of pyridine rings is 1. The summed E-state index contributed by atoms with van der Waals surface area (Å²) in [7, 11) is 0. The molecule has 6 heteroatoms. The molecule has 158 valence electrons. The summed E-state index contributed by atoms with van der Waals surface area (Å²) in [6.07, 6.45) is 4.34. The van der Waals surface area contributed by atoms with Gasteiger partial charge >= 0.3 is 5.63 Å². The summed E-state index contributed by atoms with van der Waals surface area (Å²) in [6.45, 7) is 3.38. The lowest BCUT2D eigenvalue weighted by Crippen LogP contribution is -2.36. The Hall–Kier alpha value is -2.86. The molecule has 0 saturated heterocycles. The van der Waals surface area contributed by atoms with Crippen LogP contribution in [0.4, 0.5) is 0 Å². The van der Waals surface area contributed by atoms with Gasteiger partial charge in [-0.15, -0.1) is 0 Å². The lowest BCUT2D eigenvalue weighted by Gasteiger charge is -2.34. The van der Waals surface area contributed by atoms with Crippen LogP contribution in [0.2, 0.25) is 0 Å². The maximum atomic E-state index is 12.6. The maximum absolute atomic E-state index is 12.6. The Labute approximate surface area is 174 Å². The quantitative estimate of drug-likeness (QED) is 0.573. The van der Waals surface area contributed by atoms with Crippen LogP contribution < -0.4 is 15.9 Å².